The third-order valence-electron chi connectivity index (χ3n) is 5.17. The van der Waals surface area contributed by atoms with Gasteiger partial charge in [0.1, 0.15) is 0 Å². The van der Waals surface area contributed by atoms with Gasteiger partial charge < -0.3 is 0 Å². The standard InChI is InChI=1S/C25H17F5O3S2/c1-16-12-14-19(15-13-16)34(17-8-4-2-5-9-17,18-10-6-3-7-11-18)33-35(31,32)25-23(29)21(27)20(26)22(28)24(25)30/h2-15H,1H3/p+1. The topological polar surface area (TPSA) is 46.9 Å². The Morgan fingerprint density at radius 3 is 1.34 bits per heavy atom. The lowest BCUT2D eigenvalue weighted by molar-refractivity contribution is 0.338. The summed E-state index contributed by atoms with van der Waals surface area (Å²) in [7, 11) is -8.59. The van der Waals surface area contributed by atoms with Crippen LogP contribution in [0.25, 0.3) is 0 Å². The van der Waals surface area contributed by atoms with Gasteiger partial charge in [0.05, 0.1) is 25.0 Å². The molecule has 0 unspecified atom stereocenters. The molecule has 4 aromatic carbocycles. The minimum Gasteiger partial charge on any atom is -0.258 e. The summed E-state index contributed by atoms with van der Waals surface area (Å²) in [6.07, 6.45) is 0. The quantitative estimate of drug-likeness (QED) is 0.0868. The van der Waals surface area contributed by atoms with Gasteiger partial charge in [-0.3, -0.25) is 3.63 Å². The number of hydrogen-bond donors (Lipinski definition) is 0. The van der Waals surface area contributed by atoms with Crippen LogP contribution >= 0.6 is 10.3 Å². The van der Waals surface area contributed by atoms with Gasteiger partial charge >= 0.3 is 10.1 Å². The van der Waals surface area contributed by atoms with E-state index in [1.807, 2.05) is 6.92 Å². The van der Waals surface area contributed by atoms with Crippen molar-refractivity contribution in [3.05, 3.63) is 120 Å². The van der Waals surface area contributed by atoms with Gasteiger partial charge in [-0.15, -0.1) is 8.42 Å². The Balaban J connectivity index is 2.07. The molecule has 0 heterocycles. The predicted octanol–water partition coefficient (Wildman–Crippen LogP) is 7.37. The third kappa shape index (κ3) is 4.33. The van der Waals surface area contributed by atoms with Crippen LogP contribution in [0.15, 0.2) is 105 Å². The Bertz CT molecular complexity index is 1410. The summed E-state index contributed by atoms with van der Waals surface area (Å²) in [5.41, 5.74) is 0.853. The predicted molar refractivity (Wildman–Crippen MR) is 122 cm³/mol. The highest BCUT2D eigenvalue weighted by Crippen LogP contribution is 2.68. The zero-order chi connectivity index (χ0) is 25.4. The molecule has 3 nitrogen and oxygen atoms in total. The summed E-state index contributed by atoms with van der Waals surface area (Å²) < 4.78 is 101. The lowest BCUT2D eigenvalue weighted by Gasteiger charge is -2.34. The molecule has 10 heteroatoms. The van der Waals surface area contributed by atoms with Gasteiger partial charge in [0, 0.05) is 0 Å². The number of aryl methyl sites for hydroxylation is 1. The Morgan fingerprint density at radius 1 is 0.543 bits per heavy atom. The average molecular weight is 526 g/mol. The van der Waals surface area contributed by atoms with Crippen LogP contribution in [-0.2, 0) is 10.1 Å². The van der Waals surface area contributed by atoms with Crippen LogP contribution in [0.2, 0.25) is 0 Å². The van der Waals surface area contributed by atoms with Gasteiger partial charge in [0.15, 0.2) is 23.3 Å². The molecule has 0 fully saturated rings. The van der Waals surface area contributed by atoms with Crippen LogP contribution in [0, 0.1) is 36.0 Å². The summed E-state index contributed by atoms with van der Waals surface area (Å²) in [6.45, 7) is 1.81. The minimum atomic E-state index is -5.43. The van der Waals surface area contributed by atoms with E-state index in [-0.39, 0.29) is 0 Å². The molecule has 0 bridgehead atoms. The summed E-state index contributed by atoms with van der Waals surface area (Å²) in [4.78, 5) is -0.859. The molecule has 4 rings (SSSR count). The molecule has 0 amide bonds. The van der Waals surface area contributed by atoms with Crippen LogP contribution in [0.1, 0.15) is 5.56 Å². The number of hydrogen-bond acceptors (Lipinski definition) is 2. The molecule has 1 N–H and O–H groups in total. The summed E-state index contributed by atoms with van der Waals surface area (Å²) in [5, 5.41) is 0. The third-order valence-corrected chi connectivity index (χ3v) is 10.6. The molecule has 0 saturated heterocycles. The first-order valence-electron chi connectivity index (χ1n) is 10.1. The van der Waals surface area contributed by atoms with Crippen LogP contribution in [0.5, 0.6) is 0 Å². The van der Waals surface area contributed by atoms with Gasteiger partial charge in [-0.2, -0.15) is 0 Å². The average Bonchev–Trinajstić information content (AvgIpc) is 2.86. The van der Waals surface area contributed by atoms with E-state index in [9.17, 15) is 30.4 Å². The second-order valence-electron chi connectivity index (χ2n) is 7.47. The Labute approximate surface area is 200 Å². The van der Waals surface area contributed by atoms with Crippen molar-refractivity contribution < 1.29 is 34.0 Å². The molecule has 0 atom stereocenters. The number of rotatable bonds is 6. The summed E-state index contributed by atoms with van der Waals surface area (Å²) in [6, 6.07) is 23.0. The first-order chi connectivity index (χ1) is 16.6. The Kier molecular flexibility index (Phi) is 6.72. The highest BCUT2D eigenvalue weighted by molar-refractivity contribution is 8.32. The molecule has 0 aliphatic heterocycles. The van der Waals surface area contributed by atoms with Crippen LogP contribution in [0.3, 0.4) is 0 Å². The van der Waals surface area contributed by atoms with E-state index < -0.39 is 54.4 Å². The Hall–Kier alpha value is -3.21. The second-order valence-corrected chi connectivity index (χ2v) is 12.0. The molecular weight excluding hydrogens is 507 g/mol. The second kappa shape index (κ2) is 9.44. The Morgan fingerprint density at radius 2 is 0.914 bits per heavy atom. The fourth-order valence-electron chi connectivity index (χ4n) is 3.50. The molecule has 4 aromatic rings. The van der Waals surface area contributed by atoms with Crippen LogP contribution in [0.4, 0.5) is 22.0 Å². The molecular formula is C25H18F5O3S2+. The first-order valence-corrected chi connectivity index (χ1v) is 13.1. The minimum absolute atomic E-state index is 0.377. The highest BCUT2D eigenvalue weighted by atomic mass is 32.3. The molecule has 0 radical (unpaired) electrons. The van der Waals surface area contributed by atoms with Gasteiger partial charge in [0.25, 0.3) is 0 Å². The van der Waals surface area contributed by atoms with Gasteiger partial charge in [-0.05, 0) is 43.3 Å². The highest BCUT2D eigenvalue weighted by Gasteiger charge is 2.47. The van der Waals surface area contributed by atoms with Crippen LogP contribution < -0.4 is 0 Å². The summed E-state index contributed by atoms with van der Waals surface area (Å²) in [5.74, 6) is -12.1. The van der Waals surface area contributed by atoms with Crippen molar-refractivity contribution in [1.82, 2.24) is 0 Å². The van der Waals surface area contributed by atoms with E-state index in [4.69, 9.17) is 0 Å². The van der Waals surface area contributed by atoms with E-state index >= 15 is 0 Å². The lowest BCUT2D eigenvalue weighted by Crippen LogP contribution is -2.22. The van der Waals surface area contributed by atoms with Crippen molar-refractivity contribution in [3.63, 3.8) is 0 Å². The fourth-order valence-corrected chi connectivity index (χ4v) is 9.09. The molecule has 0 aliphatic rings. The van der Waals surface area contributed by atoms with Crippen molar-refractivity contribution in [2.45, 2.75) is 26.5 Å². The van der Waals surface area contributed by atoms with Crippen molar-refractivity contribution >= 4 is 20.4 Å². The molecule has 0 aromatic heterocycles. The van der Waals surface area contributed by atoms with Crippen LogP contribution in [-0.4, -0.2) is 12.0 Å². The largest absolute Gasteiger partial charge is 0.428 e. The van der Waals surface area contributed by atoms with E-state index in [1.165, 1.54) is 0 Å². The zero-order valence-electron chi connectivity index (χ0n) is 18.1. The van der Waals surface area contributed by atoms with Crippen molar-refractivity contribution in [2.24, 2.45) is 0 Å². The molecule has 35 heavy (non-hydrogen) atoms. The molecule has 182 valence electrons. The van der Waals surface area contributed by atoms with Gasteiger partial charge in [-0.1, -0.05) is 54.1 Å². The normalized spacial score (nSPS) is 12.5. The van der Waals surface area contributed by atoms with Gasteiger partial charge in [-0.25, -0.2) is 22.0 Å². The van der Waals surface area contributed by atoms with E-state index in [0.29, 0.717) is 14.7 Å². The summed E-state index contributed by atoms with van der Waals surface area (Å²) >= 11 is 0. The monoisotopic (exact) mass is 525 g/mol. The fraction of sp³-hybridized carbons (Fsp3) is 0.0400. The van der Waals surface area contributed by atoms with E-state index in [1.54, 1.807) is 84.9 Å². The molecule has 0 spiro atoms. The van der Waals surface area contributed by atoms with Crippen molar-refractivity contribution in [1.29, 1.82) is 0 Å². The number of halogens is 5. The van der Waals surface area contributed by atoms with E-state index in [2.05, 4.69) is 3.63 Å². The maximum atomic E-state index is 14.6. The van der Waals surface area contributed by atoms with E-state index in [0.717, 1.165) is 5.56 Å². The van der Waals surface area contributed by atoms with Crippen molar-refractivity contribution in [3.8, 4) is 0 Å². The van der Waals surface area contributed by atoms with Gasteiger partial charge in [0.2, 0.25) is 10.7 Å². The van der Waals surface area contributed by atoms with Crippen molar-refractivity contribution in [2.75, 3.05) is 0 Å². The zero-order valence-corrected chi connectivity index (χ0v) is 19.7. The number of benzene rings is 4. The maximum absolute atomic E-state index is 14.6. The molecule has 0 aliphatic carbocycles. The lowest BCUT2D eigenvalue weighted by atomic mass is 10.2. The first kappa shape index (κ1) is 24.9. The maximum Gasteiger partial charge on any atom is 0.428 e. The molecule has 0 saturated carbocycles. The SMILES string of the molecule is Cc1ccc(S([OH+]S(=O)(=O)c2c(F)c(F)c(F)c(F)c2F)(c2ccccc2)c2ccccc2)cc1. The smallest absolute Gasteiger partial charge is 0.258 e.